The van der Waals surface area contributed by atoms with E-state index in [0.717, 1.165) is 5.69 Å². The van der Waals surface area contributed by atoms with Crippen LogP contribution in [0.2, 0.25) is 0 Å². The summed E-state index contributed by atoms with van der Waals surface area (Å²) in [6, 6.07) is 10.5. The standard InChI is InChI=1S/C16H14N4O2S/c1-22-12-6-4-10(5-7-12)13(21)14-15(17)20-16(23-14)19-11-3-2-8-18-9-11/h2-9H,17H2,1H3,(H,19,20). The summed E-state index contributed by atoms with van der Waals surface area (Å²) in [7, 11) is 1.58. The number of aromatic nitrogens is 2. The summed E-state index contributed by atoms with van der Waals surface area (Å²) < 4.78 is 5.09. The number of ketones is 1. The third kappa shape index (κ3) is 3.29. The molecule has 23 heavy (non-hydrogen) atoms. The Morgan fingerprint density at radius 3 is 2.70 bits per heavy atom. The number of nitrogen functional groups attached to an aromatic ring is 1. The predicted molar refractivity (Wildman–Crippen MR) is 90.5 cm³/mol. The number of hydrogen-bond donors (Lipinski definition) is 2. The molecule has 0 aliphatic rings. The van der Waals surface area contributed by atoms with Crippen LogP contribution in [0.25, 0.3) is 0 Å². The molecular formula is C16H14N4O2S. The molecule has 0 saturated heterocycles. The van der Waals surface area contributed by atoms with Crippen molar-refractivity contribution in [2.75, 3.05) is 18.2 Å². The molecule has 116 valence electrons. The normalized spacial score (nSPS) is 10.3. The van der Waals surface area contributed by atoms with E-state index in [-0.39, 0.29) is 11.6 Å². The highest BCUT2D eigenvalue weighted by Crippen LogP contribution is 2.29. The number of nitrogens with two attached hydrogens (primary N) is 1. The molecule has 0 bridgehead atoms. The van der Waals surface area contributed by atoms with Crippen molar-refractivity contribution in [1.29, 1.82) is 0 Å². The van der Waals surface area contributed by atoms with E-state index >= 15 is 0 Å². The lowest BCUT2D eigenvalue weighted by atomic mass is 10.1. The van der Waals surface area contributed by atoms with Crippen LogP contribution in [0.15, 0.2) is 48.8 Å². The second-order valence-electron chi connectivity index (χ2n) is 4.66. The van der Waals surface area contributed by atoms with E-state index in [2.05, 4.69) is 15.3 Å². The summed E-state index contributed by atoms with van der Waals surface area (Å²) in [5.74, 6) is 0.738. The molecule has 0 saturated carbocycles. The van der Waals surface area contributed by atoms with E-state index in [0.29, 0.717) is 21.3 Å². The summed E-state index contributed by atoms with van der Waals surface area (Å²) in [5.41, 5.74) is 7.21. The largest absolute Gasteiger partial charge is 0.497 e. The highest BCUT2D eigenvalue weighted by atomic mass is 32.1. The van der Waals surface area contributed by atoms with Gasteiger partial charge < -0.3 is 15.8 Å². The lowest BCUT2D eigenvalue weighted by Crippen LogP contribution is -2.02. The van der Waals surface area contributed by atoms with E-state index in [1.165, 1.54) is 11.3 Å². The lowest BCUT2D eigenvalue weighted by Gasteiger charge is -2.01. The van der Waals surface area contributed by atoms with Crippen LogP contribution < -0.4 is 15.8 Å². The number of anilines is 3. The highest BCUT2D eigenvalue weighted by molar-refractivity contribution is 7.18. The van der Waals surface area contributed by atoms with Crippen molar-refractivity contribution < 1.29 is 9.53 Å². The van der Waals surface area contributed by atoms with E-state index in [9.17, 15) is 4.79 Å². The quantitative estimate of drug-likeness (QED) is 0.700. The Morgan fingerprint density at radius 1 is 1.26 bits per heavy atom. The molecule has 0 amide bonds. The van der Waals surface area contributed by atoms with Gasteiger partial charge in [-0.3, -0.25) is 9.78 Å². The van der Waals surface area contributed by atoms with Crippen molar-refractivity contribution in [2.24, 2.45) is 0 Å². The molecule has 1 aromatic carbocycles. The van der Waals surface area contributed by atoms with Gasteiger partial charge in [0.15, 0.2) is 5.13 Å². The number of nitrogens with one attached hydrogen (secondary N) is 1. The number of carbonyl (C=O) groups excluding carboxylic acids is 1. The zero-order valence-corrected chi connectivity index (χ0v) is 13.1. The summed E-state index contributed by atoms with van der Waals surface area (Å²) in [4.78, 5) is 21.2. The Balaban J connectivity index is 1.83. The van der Waals surface area contributed by atoms with Crippen LogP contribution in [0.5, 0.6) is 5.75 Å². The molecule has 0 radical (unpaired) electrons. The topological polar surface area (TPSA) is 90.1 Å². The minimum atomic E-state index is -0.165. The number of benzene rings is 1. The number of thiazole rings is 1. The van der Waals surface area contributed by atoms with Crippen LogP contribution in [0.4, 0.5) is 16.6 Å². The first kappa shape index (κ1) is 15.0. The van der Waals surface area contributed by atoms with Crippen LogP contribution in [0.3, 0.4) is 0 Å². The summed E-state index contributed by atoms with van der Waals surface area (Å²) in [6.07, 6.45) is 3.35. The maximum absolute atomic E-state index is 12.5. The Morgan fingerprint density at radius 2 is 2.04 bits per heavy atom. The molecule has 3 rings (SSSR count). The second kappa shape index (κ2) is 6.45. The van der Waals surface area contributed by atoms with Crippen LogP contribution in [-0.4, -0.2) is 22.9 Å². The minimum absolute atomic E-state index is 0.165. The van der Waals surface area contributed by atoms with Gasteiger partial charge in [-0.2, -0.15) is 0 Å². The van der Waals surface area contributed by atoms with Gasteiger partial charge in [0.25, 0.3) is 0 Å². The van der Waals surface area contributed by atoms with E-state index in [1.807, 2.05) is 12.1 Å². The monoisotopic (exact) mass is 326 g/mol. The Bertz CT molecular complexity index is 816. The van der Waals surface area contributed by atoms with Crippen molar-refractivity contribution in [3.8, 4) is 5.75 Å². The van der Waals surface area contributed by atoms with Crippen LogP contribution in [-0.2, 0) is 0 Å². The van der Waals surface area contributed by atoms with E-state index < -0.39 is 0 Å². The molecule has 2 aromatic heterocycles. The van der Waals surface area contributed by atoms with Gasteiger partial charge in [-0.25, -0.2) is 4.98 Å². The summed E-state index contributed by atoms with van der Waals surface area (Å²) >= 11 is 1.21. The fourth-order valence-electron chi connectivity index (χ4n) is 1.98. The van der Waals surface area contributed by atoms with Crippen molar-refractivity contribution in [1.82, 2.24) is 9.97 Å². The first-order chi connectivity index (χ1) is 11.2. The highest BCUT2D eigenvalue weighted by Gasteiger charge is 2.18. The van der Waals surface area contributed by atoms with Crippen LogP contribution >= 0.6 is 11.3 Å². The number of rotatable bonds is 5. The fourth-order valence-corrected chi connectivity index (χ4v) is 2.85. The van der Waals surface area contributed by atoms with Gasteiger partial charge in [0.2, 0.25) is 5.78 Å². The lowest BCUT2D eigenvalue weighted by molar-refractivity contribution is 0.104. The molecule has 0 fully saturated rings. The van der Waals surface area contributed by atoms with Crippen molar-refractivity contribution in [2.45, 2.75) is 0 Å². The number of hydrogen-bond acceptors (Lipinski definition) is 7. The number of ether oxygens (including phenoxy) is 1. The smallest absolute Gasteiger partial charge is 0.206 e. The number of carbonyl (C=O) groups is 1. The third-order valence-corrected chi connectivity index (χ3v) is 4.11. The Labute approximate surface area is 137 Å². The average molecular weight is 326 g/mol. The first-order valence-corrected chi connectivity index (χ1v) is 7.61. The zero-order valence-electron chi connectivity index (χ0n) is 12.3. The molecule has 7 heteroatoms. The van der Waals surface area contributed by atoms with Gasteiger partial charge in [0.1, 0.15) is 16.4 Å². The number of methoxy groups -OCH3 is 1. The van der Waals surface area contributed by atoms with Crippen molar-refractivity contribution in [3.63, 3.8) is 0 Å². The van der Waals surface area contributed by atoms with Gasteiger partial charge in [-0.05, 0) is 36.4 Å². The minimum Gasteiger partial charge on any atom is -0.497 e. The molecule has 0 unspecified atom stereocenters. The molecule has 0 atom stereocenters. The maximum atomic E-state index is 12.5. The molecular weight excluding hydrogens is 312 g/mol. The molecule has 0 aliphatic carbocycles. The molecule has 0 spiro atoms. The zero-order chi connectivity index (χ0) is 16.2. The Hall–Kier alpha value is -2.93. The molecule has 3 N–H and O–H groups in total. The first-order valence-electron chi connectivity index (χ1n) is 6.79. The molecule has 3 aromatic rings. The summed E-state index contributed by atoms with van der Waals surface area (Å²) in [5, 5.41) is 3.63. The second-order valence-corrected chi connectivity index (χ2v) is 5.66. The summed E-state index contributed by atoms with van der Waals surface area (Å²) in [6.45, 7) is 0. The number of nitrogens with zero attached hydrogens (tertiary/aromatic N) is 2. The van der Waals surface area contributed by atoms with Gasteiger partial charge in [0, 0.05) is 11.8 Å². The van der Waals surface area contributed by atoms with Gasteiger partial charge in [-0.15, -0.1) is 0 Å². The van der Waals surface area contributed by atoms with Crippen LogP contribution in [0.1, 0.15) is 15.2 Å². The van der Waals surface area contributed by atoms with Crippen molar-refractivity contribution in [3.05, 3.63) is 59.2 Å². The average Bonchev–Trinajstić information content (AvgIpc) is 2.95. The maximum Gasteiger partial charge on any atom is 0.206 e. The van der Waals surface area contributed by atoms with E-state index in [1.54, 1.807) is 43.8 Å². The molecule has 6 nitrogen and oxygen atoms in total. The third-order valence-electron chi connectivity index (χ3n) is 3.12. The molecule has 2 heterocycles. The van der Waals surface area contributed by atoms with E-state index in [4.69, 9.17) is 10.5 Å². The van der Waals surface area contributed by atoms with Crippen molar-refractivity contribution >= 4 is 33.8 Å². The number of pyridine rings is 1. The Kier molecular flexibility index (Phi) is 4.20. The predicted octanol–water partition coefficient (Wildman–Crippen LogP) is 3.10. The van der Waals surface area contributed by atoms with Gasteiger partial charge in [0.05, 0.1) is 19.0 Å². The fraction of sp³-hybridized carbons (Fsp3) is 0.0625. The van der Waals surface area contributed by atoms with Crippen LogP contribution in [0, 0.1) is 0 Å². The van der Waals surface area contributed by atoms with Gasteiger partial charge in [-0.1, -0.05) is 11.3 Å². The van der Waals surface area contributed by atoms with Gasteiger partial charge >= 0.3 is 0 Å². The molecule has 0 aliphatic heterocycles. The SMILES string of the molecule is COc1ccc(C(=O)c2sc(Nc3cccnc3)nc2N)cc1.